The molecule has 2 aliphatic rings. The van der Waals surface area contributed by atoms with Crippen molar-refractivity contribution in [3.05, 3.63) is 24.3 Å². The second-order valence-electron chi connectivity index (χ2n) is 6.03. The fraction of sp³-hybridized carbons (Fsp3) is 0.714. The number of hydrogen-bond acceptors (Lipinski definition) is 4. The Bertz CT molecular complexity index is 567. The minimum absolute atomic E-state index is 0.141. The number of primary sulfonamides is 2. The monoisotopic (exact) mass is 350 g/mol. The maximum absolute atomic E-state index is 10.6. The molecule has 4 N–H and O–H groups in total. The molecule has 0 bridgehead atoms. The molecule has 2 aliphatic carbocycles. The summed E-state index contributed by atoms with van der Waals surface area (Å²) >= 11 is 0. The van der Waals surface area contributed by atoms with E-state index in [4.69, 9.17) is 10.3 Å². The van der Waals surface area contributed by atoms with Crippen LogP contribution in [-0.4, -0.2) is 28.3 Å². The average molecular weight is 351 g/mol. The highest BCUT2D eigenvalue weighted by molar-refractivity contribution is 7.89. The van der Waals surface area contributed by atoms with Crippen LogP contribution in [0.1, 0.15) is 26.7 Å². The van der Waals surface area contributed by atoms with Crippen molar-refractivity contribution in [2.75, 3.05) is 11.5 Å². The van der Waals surface area contributed by atoms with Crippen molar-refractivity contribution in [2.24, 2.45) is 33.9 Å². The first kappa shape index (κ1) is 19.3. The molecule has 0 unspecified atom stereocenters. The number of nitrogens with two attached hydrogens (primary N) is 2. The van der Waals surface area contributed by atoms with E-state index in [9.17, 15) is 16.8 Å². The summed E-state index contributed by atoms with van der Waals surface area (Å²) in [4.78, 5) is 0. The van der Waals surface area contributed by atoms with Crippen LogP contribution in [0.3, 0.4) is 0 Å². The molecule has 0 aromatic carbocycles. The van der Waals surface area contributed by atoms with Gasteiger partial charge in [0.1, 0.15) is 0 Å². The van der Waals surface area contributed by atoms with Crippen molar-refractivity contribution in [1.29, 1.82) is 0 Å². The maximum atomic E-state index is 10.6. The first-order valence-electron chi connectivity index (χ1n) is 7.32. The van der Waals surface area contributed by atoms with Crippen molar-refractivity contribution in [1.82, 2.24) is 0 Å². The van der Waals surface area contributed by atoms with Gasteiger partial charge >= 0.3 is 0 Å². The van der Waals surface area contributed by atoms with Gasteiger partial charge in [0.2, 0.25) is 20.0 Å². The zero-order valence-corrected chi connectivity index (χ0v) is 14.7. The van der Waals surface area contributed by atoms with E-state index in [0.29, 0.717) is 11.8 Å². The van der Waals surface area contributed by atoms with E-state index in [-0.39, 0.29) is 23.3 Å². The summed E-state index contributed by atoms with van der Waals surface area (Å²) in [5, 5.41) is 9.77. The number of sulfonamides is 2. The van der Waals surface area contributed by atoms with E-state index >= 15 is 0 Å². The first-order chi connectivity index (χ1) is 10.1. The van der Waals surface area contributed by atoms with Gasteiger partial charge < -0.3 is 0 Å². The Kier molecular flexibility index (Phi) is 6.79. The highest BCUT2D eigenvalue weighted by atomic mass is 32.2. The molecule has 2 saturated carbocycles. The Morgan fingerprint density at radius 2 is 1.14 bits per heavy atom. The molecule has 0 aromatic rings. The summed E-state index contributed by atoms with van der Waals surface area (Å²) < 4.78 is 42.3. The van der Waals surface area contributed by atoms with Crippen LogP contribution in [0.5, 0.6) is 0 Å². The standard InChI is InChI=1S/2C7H13NO2S/c2*1-2-3-6-4-7(6)5-11(8,9)10/h2*2-3,6-7H,4-5H2,1H3,(H2,8,9,10)/b2*3-2+/t2*6-,7+/m10/s1. The van der Waals surface area contributed by atoms with Crippen LogP contribution >= 0.6 is 0 Å². The Hall–Kier alpha value is -0.700. The average Bonchev–Trinajstić information content (AvgIpc) is 3.19. The van der Waals surface area contributed by atoms with Crippen LogP contribution < -0.4 is 10.3 Å². The summed E-state index contributed by atoms with van der Waals surface area (Å²) in [6.45, 7) is 3.87. The third kappa shape index (κ3) is 8.67. The van der Waals surface area contributed by atoms with Crippen molar-refractivity contribution in [3.63, 3.8) is 0 Å². The molecule has 22 heavy (non-hydrogen) atoms. The van der Waals surface area contributed by atoms with Gasteiger partial charge in [-0.05, 0) is 50.4 Å². The van der Waals surface area contributed by atoms with Crippen molar-refractivity contribution < 1.29 is 16.8 Å². The van der Waals surface area contributed by atoms with Crippen LogP contribution in [-0.2, 0) is 20.0 Å². The molecule has 128 valence electrons. The minimum Gasteiger partial charge on any atom is -0.229 e. The molecule has 8 heteroatoms. The Labute approximate surface area is 133 Å². The van der Waals surface area contributed by atoms with Crippen LogP contribution in [0.25, 0.3) is 0 Å². The van der Waals surface area contributed by atoms with E-state index in [1.54, 1.807) is 0 Å². The Balaban J connectivity index is 0.000000220. The molecular weight excluding hydrogens is 324 g/mol. The number of rotatable bonds is 6. The third-order valence-corrected chi connectivity index (χ3v) is 5.51. The SMILES string of the molecule is C/C=C/[C@@H]1C[C@H]1CS(N)(=O)=O.C/C=C/[C@H]1C[C@@H]1CS(N)(=O)=O. The largest absolute Gasteiger partial charge is 0.229 e. The van der Waals surface area contributed by atoms with E-state index < -0.39 is 20.0 Å². The highest BCUT2D eigenvalue weighted by Crippen LogP contribution is 2.40. The molecular formula is C14H26N2O4S2. The Morgan fingerprint density at radius 1 is 0.818 bits per heavy atom. The topological polar surface area (TPSA) is 120 Å². The molecule has 0 amide bonds. The fourth-order valence-electron chi connectivity index (χ4n) is 2.49. The summed E-state index contributed by atoms with van der Waals surface area (Å²) in [6.07, 6.45) is 9.93. The Morgan fingerprint density at radius 3 is 1.36 bits per heavy atom. The predicted molar refractivity (Wildman–Crippen MR) is 88.8 cm³/mol. The lowest BCUT2D eigenvalue weighted by atomic mass is 10.3. The third-order valence-electron chi connectivity index (χ3n) is 3.73. The molecule has 6 nitrogen and oxygen atoms in total. The van der Waals surface area contributed by atoms with Gasteiger partial charge in [0.25, 0.3) is 0 Å². The first-order valence-corrected chi connectivity index (χ1v) is 10.8. The van der Waals surface area contributed by atoms with E-state index in [1.165, 1.54) is 0 Å². The number of allylic oxidation sites excluding steroid dienone is 4. The van der Waals surface area contributed by atoms with Gasteiger partial charge in [0.15, 0.2) is 0 Å². The highest BCUT2D eigenvalue weighted by Gasteiger charge is 2.37. The van der Waals surface area contributed by atoms with E-state index in [2.05, 4.69) is 0 Å². The molecule has 0 heterocycles. The number of hydrogen-bond donors (Lipinski definition) is 2. The van der Waals surface area contributed by atoms with Gasteiger partial charge in [-0.15, -0.1) is 0 Å². The fourth-order valence-corrected chi connectivity index (χ4v) is 4.45. The van der Waals surface area contributed by atoms with Crippen molar-refractivity contribution >= 4 is 20.0 Å². The van der Waals surface area contributed by atoms with E-state index in [0.717, 1.165) is 12.8 Å². The zero-order chi connectivity index (χ0) is 17.0. The van der Waals surface area contributed by atoms with E-state index in [1.807, 2.05) is 38.2 Å². The molecule has 2 fully saturated rings. The normalized spacial score (nSPS) is 31.1. The molecule has 0 saturated heterocycles. The lowest BCUT2D eigenvalue weighted by Crippen LogP contribution is -2.18. The van der Waals surface area contributed by atoms with Gasteiger partial charge in [-0.2, -0.15) is 0 Å². The van der Waals surface area contributed by atoms with Gasteiger partial charge in [-0.25, -0.2) is 27.1 Å². The predicted octanol–water partition coefficient (Wildman–Crippen LogP) is 0.974. The minimum atomic E-state index is -3.25. The molecule has 0 radical (unpaired) electrons. The second kappa shape index (κ2) is 7.72. The molecule has 0 aromatic heterocycles. The molecule has 2 rings (SSSR count). The van der Waals surface area contributed by atoms with Crippen LogP contribution in [0, 0.1) is 23.7 Å². The summed E-state index contributed by atoms with van der Waals surface area (Å²) in [5.41, 5.74) is 0. The van der Waals surface area contributed by atoms with Crippen LogP contribution in [0.15, 0.2) is 24.3 Å². The summed E-state index contributed by atoms with van der Waals surface area (Å²) in [7, 11) is -6.49. The smallest absolute Gasteiger partial charge is 0.209 e. The van der Waals surface area contributed by atoms with Gasteiger partial charge in [-0.3, -0.25) is 0 Å². The van der Waals surface area contributed by atoms with Crippen LogP contribution in [0.4, 0.5) is 0 Å². The zero-order valence-electron chi connectivity index (χ0n) is 13.1. The van der Waals surface area contributed by atoms with Crippen LogP contribution in [0.2, 0.25) is 0 Å². The van der Waals surface area contributed by atoms with Crippen molar-refractivity contribution in [2.45, 2.75) is 26.7 Å². The molecule has 0 aliphatic heterocycles. The molecule has 0 spiro atoms. The summed E-state index contributed by atoms with van der Waals surface area (Å²) in [6, 6.07) is 0. The lowest BCUT2D eigenvalue weighted by Gasteiger charge is -1.92. The van der Waals surface area contributed by atoms with Gasteiger partial charge in [-0.1, -0.05) is 24.3 Å². The lowest BCUT2D eigenvalue weighted by molar-refractivity contribution is 0.591. The second-order valence-corrected chi connectivity index (χ2v) is 9.35. The van der Waals surface area contributed by atoms with Crippen molar-refractivity contribution in [3.8, 4) is 0 Å². The molecule has 4 atom stereocenters. The quantitative estimate of drug-likeness (QED) is 0.693. The maximum Gasteiger partial charge on any atom is 0.209 e. The summed E-state index contributed by atoms with van der Waals surface area (Å²) in [5.74, 6) is 1.75. The van der Waals surface area contributed by atoms with Gasteiger partial charge in [0.05, 0.1) is 11.5 Å². The van der Waals surface area contributed by atoms with Gasteiger partial charge in [0, 0.05) is 0 Å².